The number of nitrogens with zero attached hydrogens (tertiary/aromatic N) is 6. The Morgan fingerprint density at radius 2 is 1.89 bits per heavy atom. The quantitative estimate of drug-likeness (QED) is 0.501. The van der Waals surface area contributed by atoms with Crippen LogP contribution >= 0.6 is 0 Å². The Bertz CT molecular complexity index is 829. The molecule has 0 radical (unpaired) electrons. The SMILES string of the molecule is c1ccc(-c2cc3ncn4cnnc4n3n2)cc1. The molecule has 0 unspecified atom stereocenters. The number of benzene rings is 1. The van der Waals surface area contributed by atoms with Crippen LogP contribution in [-0.2, 0) is 0 Å². The van der Waals surface area contributed by atoms with E-state index in [-0.39, 0.29) is 0 Å². The summed E-state index contributed by atoms with van der Waals surface area (Å²) in [6.07, 6.45) is 3.28. The second-order valence-corrected chi connectivity index (χ2v) is 3.95. The minimum Gasteiger partial charge on any atom is -0.256 e. The normalized spacial score (nSPS) is 11.3. The first-order valence-electron chi connectivity index (χ1n) is 5.51. The van der Waals surface area contributed by atoms with Gasteiger partial charge >= 0.3 is 0 Å². The first-order chi connectivity index (χ1) is 8.92. The van der Waals surface area contributed by atoms with Gasteiger partial charge in [-0.3, -0.25) is 4.40 Å². The largest absolute Gasteiger partial charge is 0.259 e. The molecule has 3 heterocycles. The van der Waals surface area contributed by atoms with Crippen LogP contribution in [0.15, 0.2) is 49.1 Å². The molecule has 0 saturated carbocycles. The van der Waals surface area contributed by atoms with Crippen molar-refractivity contribution < 1.29 is 0 Å². The zero-order valence-corrected chi connectivity index (χ0v) is 9.30. The van der Waals surface area contributed by atoms with Crippen LogP contribution in [0.4, 0.5) is 0 Å². The van der Waals surface area contributed by atoms with Crippen molar-refractivity contribution in [1.82, 2.24) is 29.2 Å². The van der Waals surface area contributed by atoms with Gasteiger partial charge in [-0.05, 0) is 0 Å². The molecule has 0 saturated heterocycles. The standard InChI is InChI=1S/C12H8N6/c1-2-4-9(5-3-1)10-6-11-13-7-17-8-14-15-12(17)18(11)16-10/h1-8H. The third-order valence-corrected chi connectivity index (χ3v) is 2.82. The maximum absolute atomic E-state index is 4.51. The van der Waals surface area contributed by atoms with E-state index in [0.29, 0.717) is 5.78 Å². The van der Waals surface area contributed by atoms with Crippen molar-refractivity contribution in [3.05, 3.63) is 49.1 Å². The van der Waals surface area contributed by atoms with Crippen molar-refractivity contribution in [2.45, 2.75) is 0 Å². The monoisotopic (exact) mass is 236 g/mol. The van der Waals surface area contributed by atoms with Gasteiger partial charge in [0.05, 0.1) is 5.69 Å². The molecular formula is C12H8N6. The highest BCUT2D eigenvalue weighted by Crippen LogP contribution is 2.18. The van der Waals surface area contributed by atoms with E-state index in [1.165, 1.54) is 0 Å². The van der Waals surface area contributed by atoms with E-state index in [0.717, 1.165) is 16.9 Å². The maximum atomic E-state index is 4.51. The van der Waals surface area contributed by atoms with Crippen LogP contribution in [0.5, 0.6) is 0 Å². The fraction of sp³-hybridized carbons (Fsp3) is 0. The van der Waals surface area contributed by atoms with E-state index >= 15 is 0 Å². The van der Waals surface area contributed by atoms with E-state index in [1.54, 1.807) is 21.6 Å². The summed E-state index contributed by atoms with van der Waals surface area (Å²) in [5.74, 6) is 0.655. The first kappa shape index (κ1) is 9.29. The number of fused-ring (bicyclic) bond motifs is 3. The highest BCUT2D eigenvalue weighted by molar-refractivity contribution is 5.64. The van der Waals surface area contributed by atoms with Crippen molar-refractivity contribution >= 4 is 11.4 Å². The number of hydrogen-bond acceptors (Lipinski definition) is 4. The number of aromatic nitrogens is 6. The lowest BCUT2D eigenvalue weighted by Crippen LogP contribution is -1.97. The van der Waals surface area contributed by atoms with E-state index in [2.05, 4.69) is 20.3 Å². The second-order valence-electron chi connectivity index (χ2n) is 3.95. The van der Waals surface area contributed by atoms with Gasteiger partial charge in [0.2, 0.25) is 0 Å². The van der Waals surface area contributed by atoms with Crippen LogP contribution in [0.2, 0.25) is 0 Å². The van der Waals surface area contributed by atoms with Gasteiger partial charge in [-0.2, -0.15) is 9.61 Å². The van der Waals surface area contributed by atoms with E-state index in [4.69, 9.17) is 0 Å². The van der Waals surface area contributed by atoms with Gasteiger partial charge in [-0.25, -0.2) is 4.98 Å². The highest BCUT2D eigenvalue weighted by Gasteiger charge is 2.08. The minimum atomic E-state index is 0.655. The summed E-state index contributed by atoms with van der Waals surface area (Å²) in [6.45, 7) is 0. The molecule has 6 heteroatoms. The Labute approximate surface area is 102 Å². The third-order valence-electron chi connectivity index (χ3n) is 2.82. The molecule has 6 nitrogen and oxygen atoms in total. The molecular weight excluding hydrogens is 228 g/mol. The van der Waals surface area contributed by atoms with Crippen molar-refractivity contribution in [3.63, 3.8) is 0 Å². The van der Waals surface area contributed by atoms with Gasteiger partial charge in [0, 0.05) is 11.6 Å². The topological polar surface area (TPSA) is 60.4 Å². The molecule has 0 aliphatic heterocycles. The lowest BCUT2D eigenvalue weighted by atomic mass is 10.2. The van der Waals surface area contributed by atoms with Crippen molar-refractivity contribution in [1.29, 1.82) is 0 Å². The number of rotatable bonds is 1. The first-order valence-corrected chi connectivity index (χ1v) is 5.51. The summed E-state index contributed by atoms with van der Waals surface area (Å²) in [5.41, 5.74) is 2.69. The summed E-state index contributed by atoms with van der Waals surface area (Å²) < 4.78 is 3.42. The smallest absolute Gasteiger partial charge is 0.256 e. The molecule has 0 fully saturated rings. The average Bonchev–Trinajstić information content (AvgIpc) is 3.05. The predicted octanol–water partition coefficient (Wildman–Crippen LogP) is 1.44. The van der Waals surface area contributed by atoms with Crippen LogP contribution in [0, 0.1) is 0 Å². The summed E-state index contributed by atoms with van der Waals surface area (Å²) >= 11 is 0. The van der Waals surface area contributed by atoms with Crippen LogP contribution < -0.4 is 0 Å². The van der Waals surface area contributed by atoms with Crippen LogP contribution in [0.25, 0.3) is 22.7 Å². The molecule has 3 aromatic heterocycles. The summed E-state index contributed by atoms with van der Waals surface area (Å²) in [4.78, 5) is 4.31. The Balaban J connectivity index is 2.04. The summed E-state index contributed by atoms with van der Waals surface area (Å²) in [5, 5.41) is 12.4. The highest BCUT2D eigenvalue weighted by atomic mass is 15.4. The van der Waals surface area contributed by atoms with Crippen LogP contribution in [-0.4, -0.2) is 29.2 Å². The molecule has 0 spiro atoms. The molecule has 4 aromatic rings. The van der Waals surface area contributed by atoms with Crippen molar-refractivity contribution in [2.75, 3.05) is 0 Å². The Morgan fingerprint density at radius 3 is 2.78 bits per heavy atom. The fourth-order valence-corrected chi connectivity index (χ4v) is 1.95. The number of hydrogen-bond donors (Lipinski definition) is 0. The Kier molecular flexibility index (Phi) is 1.74. The molecule has 0 aliphatic carbocycles. The molecule has 0 aliphatic rings. The third kappa shape index (κ3) is 1.22. The van der Waals surface area contributed by atoms with E-state index < -0.39 is 0 Å². The molecule has 18 heavy (non-hydrogen) atoms. The van der Waals surface area contributed by atoms with E-state index in [1.807, 2.05) is 36.4 Å². The van der Waals surface area contributed by atoms with Gasteiger partial charge in [0.1, 0.15) is 12.7 Å². The lowest BCUT2D eigenvalue weighted by molar-refractivity contribution is 0.900. The fourth-order valence-electron chi connectivity index (χ4n) is 1.95. The maximum Gasteiger partial charge on any atom is 0.259 e. The van der Waals surface area contributed by atoms with Gasteiger partial charge in [0.15, 0.2) is 5.65 Å². The van der Waals surface area contributed by atoms with Gasteiger partial charge in [0.25, 0.3) is 5.78 Å². The average molecular weight is 236 g/mol. The predicted molar refractivity (Wildman–Crippen MR) is 65.0 cm³/mol. The van der Waals surface area contributed by atoms with Gasteiger partial charge in [-0.15, -0.1) is 10.2 Å². The summed E-state index contributed by atoms with van der Waals surface area (Å²) in [7, 11) is 0. The van der Waals surface area contributed by atoms with Crippen molar-refractivity contribution in [2.24, 2.45) is 0 Å². The van der Waals surface area contributed by atoms with Gasteiger partial charge < -0.3 is 0 Å². The minimum absolute atomic E-state index is 0.655. The molecule has 0 atom stereocenters. The second kappa shape index (κ2) is 3.36. The molecule has 1 aromatic carbocycles. The Morgan fingerprint density at radius 1 is 1.00 bits per heavy atom. The molecule has 0 N–H and O–H groups in total. The van der Waals surface area contributed by atoms with E-state index in [9.17, 15) is 0 Å². The zero-order chi connectivity index (χ0) is 11.9. The molecule has 4 rings (SSSR count). The zero-order valence-electron chi connectivity index (χ0n) is 9.30. The molecule has 86 valence electrons. The molecule has 0 bridgehead atoms. The Hall–Kier alpha value is -2.76. The van der Waals surface area contributed by atoms with Gasteiger partial charge in [-0.1, -0.05) is 30.3 Å². The molecule has 0 amide bonds. The summed E-state index contributed by atoms with van der Waals surface area (Å²) in [6, 6.07) is 11.9. The van der Waals surface area contributed by atoms with Crippen LogP contribution in [0.3, 0.4) is 0 Å². The van der Waals surface area contributed by atoms with Crippen LogP contribution in [0.1, 0.15) is 0 Å². The lowest BCUT2D eigenvalue weighted by Gasteiger charge is -1.94. The van der Waals surface area contributed by atoms with Crippen molar-refractivity contribution in [3.8, 4) is 11.3 Å².